The van der Waals surface area contributed by atoms with Crippen molar-refractivity contribution in [1.82, 2.24) is 15.2 Å². The SMILES string of the molecule is CC(C)N1CCNC(c2cccc(Oc3ccc(Cl)c(Cl)c3)n2)C1. The topological polar surface area (TPSA) is 37.4 Å². The van der Waals surface area contributed by atoms with Crippen LogP contribution in [0.3, 0.4) is 0 Å². The average Bonchev–Trinajstić information content (AvgIpc) is 2.58. The van der Waals surface area contributed by atoms with Gasteiger partial charge in [0.25, 0.3) is 0 Å². The van der Waals surface area contributed by atoms with Gasteiger partial charge in [0.1, 0.15) is 5.75 Å². The molecule has 0 saturated carbocycles. The zero-order valence-electron chi connectivity index (χ0n) is 13.8. The molecule has 1 aromatic heterocycles. The van der Waals surface area contributed by atoms with Gasteiger partial charge < -0.3 is 10.1 Å². The second-order valence-electron chi connectivity index (χ2n) is 6.17. The molecule has 4 nitrogen and oxygen atoms in total. The van der Waals surface area contributed by atoms with Crippen LogP contribution >= 0.6 is 23.2 Å². The molecule has 6 heteroatoms. The van der Waals surface area contributed by atoms with Crippen LogP contribution in [0.2, 0.25) is 10.0 Å². The van der Waals surface area contributed by atoms with Crippen molar-refractivity contribution in [2.75, 3.05) is 19.6 Å². The van der Waals surface area contributed by atoms with Gasteiger partial charge in [0, 0.05) is 37.8 Å². The highest BCUT2D eigenvalue weighted by atomic mass is 35.5. The van der Waals surface area contributed by atoms with E-state index in [2.05, 4.69) is 29.0 Å². The van der Waals surface area contributed by atoms with Crippen LogP contribution in [0.15, 0.2) is 36.4 Å². The minimum Gasteiger partial charge on any atom is -0.439 e. The summed E-state index contributed by atoms with van der Waals surface area (Å²) in [6.07, 6.45) is 0. The van der Waals surface area contributed by atoms with Crippen LogP contribution in [0, 0.1) is 0 Å². The Labute approximate surface area is 152 Å². The van der Waals surface area contributed by atoms with E-state index < -0.39 is 0 Å². The summed E-state index contributed by atoms with van der Waals surface area (Å²) in [6.45, 7) is 7.41. The number of rotatable bonds is 4. The summed E-state index contributed by atoms with van der Waals surface area (Å²) in [7, 11) is 0. The van der Waals surface area contributed by atoms with Gasteiger partial charge in [-0.2, -0.15) is 0 Å². The first-order chi connectivity index (χ1) is 11.5. The van der Waals surface area contributed by atoms with Crippen molar-refractivity contribution in [3.05, 3.63) is 52.1 Å². The van der Waals surface area contributed by atoms with Gasteiger partial charge in [-0.15, -0.1) is 0 Å². The lowest BCUT2D eigenvalue weighted by Crippen LogP contribution is -2.48. The number of nitrogens with zero attached hydrogens (tertiary/aromatic N) is 2. The maximum atomic E-state index is 6.03. The fourth-order valence-corrected chi connectivity index (χ4v) is 3.07. The van der Waals surface area contributed by atoms with E-state index in [1.807, 2.05) is 18.2 Å². The lowest BCUT2D eigenvalue weighted by molar-refractivity contribution is 0.160. The Morgan fingerprint density at radius 2 is 2.04 bits per heavy atom. The first-order valence-electron chi connectivity index (χ1n) is 8.10. The maximum Gasteiger partial charge on any atom is 0.219 e. The third-order valence-corrected chi connectivity index (χ3v) is 4.89. The summed E-state index contributed by atoms with van der Waals surface area (Å²) in [5.74, 6) is 1.17. The van der Waals surface area contributed by atoms with E-state index in [9.17, 15) is 0 Å². The third-order valence-electron chi connectivity index (χ3n) is 4.15. The van der Waals surface area contributed by atoms with E-state index in [0.29, 0.717) is 27.7 Å². The smallest absolute Gasteiger partial charge is 0.219 e. The van der Waals surface area contributed by atoms with Gasteiger partial charge in [0.2, 0.25) is 5.88 Å². The molecule has 1 N–H and O–H groups in total. The van der Waals surface area contributed by atoms with Crippen LogP contribution in [0.4, 0.5) is 0 Å². The summed E-state index contributed by atoms with van der Waals surface area (Å²) in [4.78, 5) is 7.10. The Morgan fingerprint density at radius 1 is 1.21 bits per heavy atom. The number of nitrogens with one attached hydrogen (secondary N) is 1. The van der Waals surface area contributed by atoms with Gasteiger partial charge in [-0.3, -0.25) is 4.90 Å². The van der Waals surface area contributed by atoms with E-state index in [-0.39, 0.29) is 6.04 Å². The molecule has 1 unspecified atom stereocenters. The van der Waals surface area contributed by atoms with E-state index in [1.54, 1.807) is 18.2 Å². The number of aromatic nitrogens is 1. The fourth-order valence-electron chi connectivity index (χ4n) is 2.78. The van der Waals surface area contributed by atoms with Crippen molar-refractivity contribution in [2.45, 2.75) is 25.9 Å². The van der Waals surface area contributed by atoms with Gasteiger partial charge in [-0.1, -0.05) is 29.3 Å². The molecule has 24 heavy (non-hydrogen) atoms. The molecule has 0 radical (unpaired) electrons. The van der Waals surface area contributed by atoms with Crippen molar-refractivity contribution in [1.29, 1.82) is 0 Å². The van der Waals surface area contributed by atoms with Crippen LogP contribution in [-0.2, 0) is 0 Å². The van der Waals surface area contributed by atoms with E-state index in [0.717, 1.165) is 25.3 Å². The molecule has 0 aliphatic carbocycles. The molecule has 3 rings (SSSR count). The first kappa shape index (κ1) is 17.5. The van der Waals surface area contributed by atoms with Crippen molar-refractivity contribution >= 4 is 23.2 Å². The van der Waals surface area contributed by atoms with Gasteiger partial charge in [0.05, 0.1) is 21.8 Å². The highest BCUT2D eigenvalue weighted by molar-refractivity contribution is 6.42. The highest BCUT2D eigenvalue weighted by Gasteiger charge is 2.23. The van der Waals surface area contributed by atoms with E-state index in [4.69, 9.17) is 27.9 Å². The molecule has 2 heterocycles. The largest absolute Gasteiger partial charge is 0.439 e. The van der Waals surface area contributed by atoms with E-state index >= 15 is 0 Å². The van der Waals surface area contributed by atoms with Crippen LogP contribution in [0.25, 0.3) is 0 Å². The first-order valence-corrected chi connectivity index (χ1v) is 8.86. The van der Waals surface area contributed by atoms with Crippen molar-refractivity contribution in [2.24, 2.45) is 0 Å². The number of pyridine rings is 1. The molecule has 1 atom stereocenters. The normalized spacial score (nSPS) is 18.8. The predicted molar refractivity (Wildman–Crippen MR) is 98.2 cm³/mol. The number of ether oxygens (including phenoxy) is 1. The predicted octanol–water partition coefficient (Wildman–Crippen LogP) is 4.54. The molecule has 1 aromatic carbocycles. The summed E-state index contributed by atoms with van der Waals surface area (Å²) in [6, 6.07) is 11.8. The molecule has 0 bridgehead atoms. The Bertz CT molecular complexity index is 708. The molecule has 1 fully saturated rings. The highest BCUT2D eigenvalue weighted by Crippen LogP contribution is 2.29. The van der Waals surface area contributed by atoms with Crippen LogP contribution < -0.4 is 10.1 Å². The number of hydrogen-bond acceptors (Lipinski definition) is 4. The lowest BCUT2D eigenvalue weighted by atomic mass is 10.1. The molecule has 0 amide bonds. The number of benzene rings is 1. The third kappa shape index (κ3) is 4.19. The molecule has 1 aliphatic rings. The van der Waals surface area contributed by atoms with Crippen LogP contribution in [-0.4, -0.2) is 35.6 Å². The van der Waals surface area contributed by atoms with Crippen molar-refractivity contribution in [3.8, 4) is 11.6 Å². The van der Waals surface area contributed by atoms with Gasteiger partial charge >= 0.3 is 0 Å². The molecule has 1 aliphatic heterocycles. The van der Waals surface area contributed by atoms with Crippen LogP contribution in [0.5, 0.6) is 11.6 Å². The second kappa shape index (κ2) is 7.70. The fraction of sp³-hybridized carbons (Fsp3) is 0.389. The Hall–Kier alpha value is -1.33. The average molecular weight is 366 g/mol. The van der Waals surface area contributed by atoms with Crippen LogP contribution in [0.1, 0.15) is 25.6 Å². The monoisotopic (exact) mass is 365 g/mol. The zero-order chi connectivity index (χ0) is 17.1. The summed E-state index contributed by atoms with van der Waals surface area (Å²) >= 11 is 12.0. The van der Waals surface area contributed by atoms with Crippen molar-refractivity contribution in [3.63, 3.8) is 0 Å². The lowest BCUT2D eigenvalue weighted by Gasteiger charge is -2.36. The minimum atomic E-state index is 0.207. The standard InChI is InChI=1S/C18H21Cl2N3O/c1-12(2)23-9-8-21-17(11-23)16-4-3-5-18(22-16)24-13-6-7-14(19)15(20)10-13/h3-7,10,12,17,21H,8-9,11H2,1-2H3. The quantitative estimate of drug-likeness (QED) is 0.862. The number of hydrogen-bond donors (Lipinski definition) is 1. The molecule has 1 saturated heterocycles. The molecular weight excluding hydrogens is 345 g/mol. The number of piperazine rings is 1. The Balaban J connectivity index is 1.75. The Morgan fingerprint density at radius 3 is 2.79 bits per heavy atom. The molecule has 2 aromatic rings. The Kier molecular flexibility index (Phi) is 5.61. The summed E-state index contributed by atoms with van der Waals surface area (Å²) in [5, 5.41) is 4.50. The van der Waals surface area contributed by atoms with E-state index in [1.165, 1.54) is 0 Å². The number of halogens is 2. The van der Waals surface area contributed by atoms with Crippen molar-refractivity contribution < 1.29 is 4.74 Å². The zero-order valence-corrected chi connectivity index (χ0v) is 15.3. The van der Waals surface area contributed by atoms with Gasteiger partial charge in [-0.25, -0.2) is 4.98 Å². The minimum absolute atomic E-state index is 0.207. The molecule has 0 spiro atoms. The molecular formula is C18H21Cl2N3O. The maximum absolute atomic E-state index is 6.03. The summed E-state index contributed by atoms with van der Waals surface area (Å²) < 4.78 is 5.82. The van der Waals surface area contributed by atoms with Gasteiger partial charge in [-0.05, 0) is 32.0 Å². The second-order valence-corrected chi connectivity index (χ2v) is 6.99. The summed E-state index contributed by atoms with van der Waals surface area (Å²) in [5.41, 5.74) is 0.984. The molecule has 128 valence electrons. The van der Waals surface area contributed by atoms with Gasteiger partial charge in [0.15, 0.2) is 0 Å².